The average Bonchev–Trinajstić information content (AvgIpc) is 2.65. The van der Waals surface area contributed by atoms with Gasteiger partial charge in [-0.05, 0) is 49.2 Å². The maximum absolute atomic E-state index is 12.7. The van der Waals surface area contributed by atoms with Crippen LogP contribution in [0.25, 0.3) is 0 Å². The standard InChI is InChI=1S/C21H27NO4/c1-5-6-11-26-14-17-13-16(8-10-19(17)24-3)21(23)22-18-12-15(2)7-9-20(18)25-4/h7-10,12-13H,5-6,11,14H2,1-4H3,(H,22,23). The SMILES string of the molecule is CCCCOCc1cc(C(=O)Nc2cc(C)ccc2OC)ccc1OC. The molecule has 0 aliphatic heterocycles. The summed E-state index contributed by atoms with van der Waals surface area (Å²) in [6.07, 6.45) is 2.09. The van der Waals surface area contributed by atoms with E-state index in [9.17, 15) is 4.79 Å². The number of amides is 1. The number of aryl methyl sites for hydroxylation is 1. The maximum atomic E-state index is 12.7. The third-order valence-corrected chi connectivity index (χ3v) is 4.05. The number of carbonyl (C=O) groups excluding carboxylic acids is 1. The number of hydrogen-bond donors (Lipinski definition) is 1. The van der Waals surface area contributed by atoms with E-state index in [-0.39, 0.29) is 5.91 Å². The highest BCUT2D eigenvalue weighted by molar-refractivity contribution is 6.05. The van der Waals surface area contributed by atoms with E-state index in [2.05, 4.69) is 12.2 Å². The second kappa shape index (κ2) is 9.82. The van der Waals surface area contributed by atoms with Gasteiger partial charge in [0.1, 0.15) is 11.5 Å². The first-order chi connectivity index (χ1) is 12.6. The molecule has 0 heterocycles. The summed E-state index contributed by atoms with van der Waals surface area (Å²) in [5.74, 6) is 1.14. The zero-order valence-electron chi connectivity index (χ0n) is 15.9. The summed E-state index contributed by atoms with van der Waals surface area (Å²) in [6.45, 7) is 5.19. The summed E-state index contributed by atoms with van der Waals surface area (Å²) < 4.78 is 16.4. The highest BCUT2D eigenvalue weighted by Crippen LogP contribution is 2.27. The Labute approximate surface area is 155 Å². The van der Waals surface area contributed by atoms with Gasteiger partial charge in [0.2, 0.25) is 0 Å². The van der Waals surface area contributed by atoms with Gasteiger partial charge in [0.05, 0.1) is 26.5 Å². The van der Waals surface area contributed by atoms with E-state index in [0.717, 1.165) is 24.0 Å². The van der Waals surface area contributed by atoms with Crippen LogP contribution >= 0.6 is 0 Å². The average molecular weight is 357 g/mol. The fourth-order valence-corrected chi connectivity index (χ4v) is 2.58. The lowest BCUT2D eigenvalue weighted by molar-refractivity contribution is 0.102. The molecule has 0 spiro atoms. The normalized spacial score (nSPS) is 10.5. The molecule has 1 N–H and O–H groups in total. The van der Waals surface area contributed by atoms with Gasteiger partial charge >= 0.3 is 0 Å². The van der Waals surface area contributed by atoms with Crippen LogP contribution in [0.3, 0.4) is 0 Å². The Kier molecular flexibility index (Phi) is 7.48. The third kappa shape index (κ3) is 5.23. The molecule has 0 fully saturated rings. The van der Waals surface area contributed by atoms with Crippen LogP contribution in [0.2, 0.25) is 0 Å². The van der Waals surface area contributed by atoms with Gasteiger partial charge in [-0.3, -0.25) is 4.79 Å². The first-order valence-corrected chi connectivity index (χ1v) is 8.79. The molecule has 0 aromatic heterocycles. The molecule has 2 aromatic carbocycles. The van der Waals surface area contributed by atoms with Gasteiger partial charge in [-0.2, -0.15) is 0 Å². The molecule has 0 atom stereocenters. The Morgan fingerprint density at radius 2 is 1.77 bits per heavy atom. The number of ether oxygens (including phenoxy) is 3. The number of nitrogens with one attached hydrogen (secondary N) is 1. The van der Waals surface area contributed by atoms with Crippen LogP contribution < -0.4 is 14.8 Å². The van der Waals surface area contributed by atoms with E-state index in [0.29, 0.717) is 36.0 Å². The lowest BCUT2D eigenvalue weighted by atomic mass is 10.1. The Morgan fingerprint density at radius 1 is 1.04 bits per heavy atom. The van der Waals surface area contributed by atoms with E-state index in [4.69, 9.17) is 14.2 Å². The highest BCUT2D eigenvalue weighted by Gasteiger charge is 2.13. The molecule has 26 heavy (non-hydrogen) atoms. The second-order valence-corrected chi connectivity index (χ2v) is 6.09. The van der Waals surface area contributed by atoms with E-state index in [1.54, 1.807) is 26.4 Å². The van der Waals surface area contributed by atoms with Crippen LogP contribution in [-0.2, 0) is 11.3 Å². The maximum Gasteiger partial charge on any atom is 0.255 e. The summed E-state index contributed by atoms with van der Waals surface area (Å²) in [5, 5.41) is 2.91. The van der Waals surface area contributed by atoms with Crippen molar-refractivity contribution >= 4 is 11.6 Å². The van der Waals surface area contributed by atoms with Gasteiger partial charge in [-0.25, -0.2) is 0 Å². The van der Waals surface area contributed by atoms with Crippen molar-refractivity contribution in [1.82, 2.24) is 0 Å². The fraction of sp³-hybridized carbons (Fsp3) is 0.381. The topological polar surface area (TPSA) is 56.8 Å². The van der Waals surface area contributed by atoms with Crippen LogP contribution in [0.1, 0.15) is 41.3 Å². The highest BCUT2D eigenvalue weighted by atomic mass is 16.5. The van der Waals surface area contributed by atoms with E-state index in [1.165, 1.54) is 0 Å². The van der Waals surface area contributed by atoms with Gasteiger partial charge in [-0.1, -0.05) is 19.4 Å². The zero-order chi connectivity index (χ0) is 18.9. The molecule has 0 aliphatic carbocycles. The quantitative estimate of drug-likeness (QED) is 0.667. The van der Waals surface area contributed by atoms with Crippen molar-refractivity contribution < 1.29 is 19.0 Å². The molecule has 2 aromatic rings. The molecule has 0 bridgehead atoms. The minimum Gasteiger partial charge on any atom is -0.496 e. The van der Waals surface area contributed by atoms with Crippen LogP contribution in [0.15, 0.2) is 36.4 Å². The van der Waals surface area contributed by atoms with Gasteiger partial charge in [0.25, 0.3) is 5.91 Å². The van der Waals surface area contributed by atoms with Crippen LogP contribution in [0, 0.1) is 6.92 Å². The first-order valence-electron chi connectivity index (χ1n) is 8.79. The van der Waals surface area contributed by atoms with E-state index < -0.39 is 0 Å². The Hall–Kier alpha value is -2.53. The van der Waals surface area contributed by atoms with Gasteiger partial charge in [-0.15, -0.1) is 0 Å². The molecule has 140 valence electrons. The Balaban J connectivity index is 2.17. The minimum absolute atomic E-state index is 0.202. The molecule has 5 nitrogen and oxygen atoms in total. The molecule has 0 aliphatic rings. The summed E-state index contributed by atoms with van der Waals surface area (Å²) in [7, 11) is 3.20. The minimum atomic E-state index is -0.202. The largest absolute Gasteiger partial charge is 0.496 e. The van der Waals surface area contributed by atoms with Crippen molar-refractivity contribution in [3.63, 3.8) is 0 Å². The van der Waals surface area contributed by atoms with Gasteiger partial charge in [0, 0.05) is 17.7 Å². The summed E-state index contributed by atoms with van der Waals surface area (Å²) in [5.41, 5.74) is 3.09. The lowest BCUT2D eigenvalue weighted by Gasteiger charge is -2.13. The zero-order valence-corrected chi connectivity index (χ0v) is 15.9. The number of unbranched alkanes of at least 4 members (excludes halogenated alkanes) is 1. The lowest BCUT2D eigenvalue weighted by Crippen LogP contribution is -2.13. The van der Waals surface area contributed by atoms with Crippen molar-refractivity contribution in [1.29, 1.82) is 0 Å². The number of benzene rings is 2. The van der Waals surface area contributed by atoms with Crippen LogP contribution in [-0.4, -0.2) is 26.7 Å². The third-order valence-electron chi connectivity index (χ3n) is 4.05. The van der Waals surface area contributed by atoms with Crippen molar-refractivity contribution in [3.05, 3.63) is 53.1 Å². The van der Waals surface area contributed by atoms with Crippen LogP contribution in [0.4, 0.5) is 5.69 Å². The molecule has 2 rings (SSSR count). The van der Waals surface area contributed by atoms with Crippen molar-refractivity contribution in [2.24, 2.45) is 0 Å². The smallest absolute Gasteiger partial charge is 0.255 e. The van der Waals surface area contributed by atoms with Crippen molar-refractivity contribution in [2.75, 3.05) is 26.1 Å². The molecule has 5 heteroatoms. The molecule has 1 amide bonds. The molecule has 0 saturated heterocycles. The molecule has 0 saturated carbocycles. The number of anilines is 1. The monoisotopic (exact) mass is 357 g/mol. The van der Waals surface area contributed by atoms with E-state index >= 15 is 0 Å². The van der Waals surface area contributed by atoms with Crippen molar-refractivity contribution in [2.45, 2.75) is 33.3 Å². The van der Waals surface area contributed by atoms with Crippen LogP contribution in [0.5, 0.6) is 11.5 Å². The molecular weight excluding hydrogens is 330 g/mol. The van der Waals surface area contributed by atoms with Crippen molar-refractivity contribution in [3.8, 4) is 11.5 Å². The fourth-order valence-electron chi connectivity index (χ4n) is 2.58. The Morgan fingerprint density at radius 3 is 2.46 bits per heavy atom. The Bertz CT molecular complexity index is 743. The molecular formula is C21H27NO4. The van der Waals surface area contributed by atoms with Gasteiger partial charge in [0.15, 0.2) is 0 Å². The number of methoxy groups -OCH3 is 2. The second-order valence-electron chi connectivity index (χ2n) is 6.09. The summed E-state index contributed by atoms with van der Waals surface area (Å²) in [6, 6.07) is 11.0. The summed E-state index contributed by atoms with van der Waals surface area (Å²) >= 11 is 0. The molecule has 0 unspecified atom stereocenters. The summed E-state index contributed by atoms with van der Waals surface area (Å²) in [4.78, 5) is 12.7. The molecule has 0 radical (unpaired) electrons. The predicted molar refractivity (Wildman–Crippen MR) is 103 cm³/mol. The first kappa shape index (κ1) is 19.8. The van der Waals surface area contributed by atoms with E-state index in [1.807, 2.05) is 31.2 Å². The number of rotatable bonds is 9. The predicted octanol–water partition coefficient (Wildman–Crippen LogP) is 4.58. The number of carbonyl (C=O) groups is 1. The van der Waals surface area contributed by atoms with Gasteiger partial charge < -0.3 is 19.5 Å². The number of hydrogen-bond acceptors (Lipinski definition) is 4.